The minimum absolute atomic E-state index is 0.286. The number of rotatable bonds is 3. The Morgan fingerprint density at radius 3 is 2.89 bits per heavy atom. The Morgan fingerprint density at radius 2 is 2.21 bits per heavy atom. The average Bonchev–Trinajstić information content (AvgIpc) is 2.61. The first-order chi connectivity index (χ1) is 9.09. The molecule has 2 rings (SSSR count). The van der Waals surface area contributed by atoms with E-state index in [4.69, 9.17) is 5.73 Å². The minimum atomic E-state index is -0.352. The predicted molar refractivity (Wildman–Crippen MR) is 79.9 cm³/mol. The van der Waals surface area contributed by atoms with Crippen LogP contribution in [-0.4, -0.2) is 37.0 Å². The molecule has 4 nitrogen and oxygen atoms in total. The van der Waals surface area contributed by atoms with Crippen molar-refractivity contribution in [3.05, 3.63) is 33.8 Å². The van der Waals surface area contributed by atoms with E-state index < -0.39 is 0 Å². The van der Waals surface area contributed by atoms with Gasteiger partial charge in [-0.15, -0.1) is 0 Å². The topological polar surface area (TPSA) is 58.4 Å². The lowest BCUT2D eigenvalue weighted by atomic mass is 10.0. The van der Waals surface area contributed by atoms with Gasteiger partial charge in [-0.1, -0.05) is 28.1 Å². The monoisotopic (exact) mass is 325 g/mol. The van der Waals surface area contributed by atoms with E-state index >= 15 is 0 Å². The number of benzene rings is 1. The number of nitrogens with two attached hydrogens (primary N) is 1. The molecule has 1 unspecified atom stereocenters. The van der Waals surface area contributed by atoms with Crippen molar-refractivity contribution in [1.82, 2.24) is 10.2 Å². The van der Waals surface area contributed by atoms with Gasteiger partial charge in [0.1, 0.15) is 6.04 Å². The lowest BCUT2D eigenvalue weighted by Gasteiger charge is -2.29. The number of amides is 1. The Hall–Kier alpha value is -0.910. The maximum atomic E-state index is 11.9. The van der Waals surface area contributed by atoms with Crippen LogP contribution in [0.1, 0.15) is 23.6 Å². The molecule has 3 N–H and O–H groups in total. The Morgan fingerprint density at radius 1 is 1.42 bits per heavy atom. The van der Waals surface area contributed by atoms with Crippen LogP contribution in [0.2, 0.25) is 0 Å². The molecule has 1 aromatic carbocycles. The molecule has 1 atom stereocenters. The van der Waals surface area contributed by atoms with Gasteiger partial charge in [0.2, 0.25) is 5.91 Å². The Bertz CT molecular complexity index is 456. The lowest BCUT2D eigenvalue weighted by molar-refractivity contribution is -0.123. The fourth-order valence-electron chi connectivity index (χ4n) is 2.51. The van der Waals surface area contributed by atoms with Crippen molar-refractivity contribution in [2.75, 3.05) is 26.2 Å². The molecule has 0 spiro atoms. The zero-order chi connectivity index (χ0) is 13.8. The molecule has 0 aromatic heterocycles. The average molecular weight is 326 g/mol. The third kappa shape index (κ3) is 3.55. The Balaban J connectivity index is 2.30. The maximum Gasteiger partial charge on any atom is 0.239 e. The highest BCUT2D eigenvalue weighted by atomic mass is 79.9. The van der Waals surface area contributed by atoms with Gasteiger partial charge in [0.15, 0.2) is 0 Å². The second-order valence-electron chi connectivity index (χ2n) is 4.97. The van der Waals surface area contributed by atoms with Gasteiger partial charge in [0.25, 0.3) is 0 Å². The molecule has 1 amide bonds. The molecular formula is C14H20BrN3O. The first-order valence-electron chi connectivity index (χ1n) is 6.59. The van der Waals surface area contributed by atoms with Gasteiger partial charge >= 0.3 is 0 Å². The summed E-state index contributed by atoms with van der Waals surface area (Å²) in [6.45, 7) is 5.66. The van der Waals surface area contributed by atoms with Gasteiger partial charge in [-0.05, 0) is 37.1 Å². The van der Waals surface area contributed by atoms with Crippen LogP contribution in [0.3, 0.4) is 0 Å². The molecule has 0 aliphatic carbocycles. The first kappa shape index (κ1) is 14.5. The molecule has 104 valence electrons. The molecule has 1 saturated heterocycles. The van der Waals surface area contributed by atoms with Crippen LogP contribution in [0, 0.1) is 6.92 Å². The zero-order valence-electron chi connectivity index (χ0n) is 11.2. The molecule has 1 aliphatic rings. The van der Waals surface area contributed by atoms with E-state index in [1.54, 1.807) is 0 Å². The highest BCUT2D eigenvalue weighted by Crippen LogP contribution is 2.29. The molecule has 1 aliphatic heterocycles. The highest BCUT2D eigenvalue weighted by Gasteiger charge is 2.27. The standard InChI is InChI=1S/C14H20BrN3O/c1-10-3-4-11(12(15)9-10)13(14(16)19)18-7-2-5-17-6-8-18/h3-4,9,13,17H,2,5-8H2,1H3,(H2,16,19). The van der Waals surface area contributed by atoms with Crippen molar-refractivity contribution in [2.24, 2.45) is 5.73 Å². The van der Waals surface area contributed by atoms with Crippen molar-refractivity contribution < 1.29 is 4.79 Å². The van der Waals surface area contributed by atoms with Crippen LogP contribution >= 0.6 is 15.9 Å². The fourth-order valence-corrected chi connectivity index (χ4v) is 3.22. The molecular weight excluding hydrogens is 306 g/mol. The SMILES string of the molecule is Cc1ccc(C(C(N)=O)N2CCCNCC2)c(Br)c1. The van der Waals surface area contributed by atoms with Crippen LogP contribution in [-0.2, 0) is 4.79 Å². The van der Waals surface area contributed by atoms with E-state index in [2.05, 4.69) is 26.1 Å². The van der Waals surface area contributed by atoms with Gasteiger partial charge in [0.05, 0.1) is 0 Å². The summed E-state index contributed by atoms with van der Waals surface area (Å²) in [7, 11) is 0. The second kappa shape index (κ2) is 6.50. The summed E-state index contributed by atoms with van der Waals surface area (Å²) in [5, 5.41) is 3.34. The van der Waals surface area contributed by atoms with E-state index in [0.29, 0.717) is 0 Å². The van der Waals surface area contributed by atoms with Gasteiger partial charge in [-0.25, -0.2) is 0 Å². The van der Waals surface area contributed by atoms with E-state index in [1.165, 1.54) is 0 Å². The second-order valence-corrected chi connectivity index (χ2v) is 5.82. The van der Waals surface area contributed by atoms with Crippen LogP contribution in [0.5, 0.6) is 0 Å². The Labute approximate surface area is 122 Å². The fraction of sp³-hybridized carbons (Fsp3) is 0.500. The van der Waals surface area contributed by atoms with Crippen molar-refractivity contribution in [3.63, 3.8) is 0 Å². The summed E-state index contributed by atoms with van der Waals surface area (Å²) in [5.41, 5.74) is 7.76. The number of carbonyl (C=O) groups excluding carboxylic acids is 1. The third-order valence-electron chi connectivity index (χ3n) is 3.46. The van der Waals surface area contributed by atoms with Crippen molar-refractivity contribution in [1.29, 1.82) is 0 Å². The summed E-state index contributed by atoms with van der Waals surface area (Å²) in [6, 6.07) is 5.69. The van der Waals surface area contributed by atoms with Crippen molar-refractivity contribution >= 4 is 21.8 Å². The molecule has 1 heterocycles. The summed E-state index contributed by atoms with van der Waals surface area (Å²) in [6.07, 6.45) is 1.03. The van der Waals surface area contributed by atoms with Crippen molar-refractivity contribution in [2.45, 2.75) is 19.4 Å². The number of hydrogen-bond donors (Lipinski definition) is 2. The molecule has 19 heavy (non-hydrogen) atoms. The molecule has 1 fully saturated rings. The van der Waals surface area contributed by atoms with Gasteiger partial charge < -0.3 is 11.1 Å². The number of aryl methyl sites for hydroxylation is 1. The summed E-state index contributed by atoms with van der Waals surface area (Å²) in [4.78, 5) is 14.1. The smallest absolute Gasteiger partial charge is 0.239 e. The molecule has 0 radical (unpaired) electrons. The summed E-state index contributed by atoms with van der Waals surface area (Å²) >= 11 is 3.55. The van der Waals surface area contributed by atoms with Crippen LogP contribution in [0.25, 0.3) is 0 Å². The number of hydrogen-bond acceptors (Lipinski definition) is 3. The highest BCUT2D eigenvalue weighted by molar-refractivity contribution is 9.10. The third-order valence-corrected chi connectivity index (χ3v) is 4.15. The van der Waals surface area contributed by atoms with Crippen molar-refractivity contribution in [3.8, 4) is 0 Å². The van der Waals surface area contributed by atoms with Crippen LogP contribution in [0.15, 0.2) is 22.7 Å². The maximum absolute atomic E-state index is 11.9. The van der Waals surface area contributed by atoms with E-state index in [0.717, 1.165) is 48.2 Å². The van der Waals surface area contributed by atoms with Crippen LogP contribution in [0.4, 0.5) is 0 Å². The summed E-state index contributed by atoms with van der Waals surface area (Å²) in [5.74, 6) is -0.286. The van der Waals surface area contributed by atoms with Gasteiger partial charge in [0, 0.05) is 24.1 Å². The number of nitrogens with one attached hydrogen (secondary N) is 1. The van der Waals surface area contributed by atoms with Gasteiger partial charge in [-0.3, -0.25) is 9.69 Å². The molecule has 0 saturated carbocycles. The van der Waals surface area contributed by atoms with Crippen LogP contribution < -0.4 is 11.1 Å². The molecule has 1 aromatic rings. The Kier molecular flexibility index (Phi) is 4.96. The van der Waals surface area contributed by atoms with E-state index in [1.807, 2.05) is 25.1 Å². The van der Waals surface area contributed by atoms with E-state index in [9.17, 15) is 4.79 Å². The zero-order valence-corrected chi connectivity index (χ0v) is 12.7. The predicted octanol–water partition coefficient (Wildman–Crippen LogP) is 1.58. The minimum Gasteiger partial charge on any atom is -0.368 e. The largest absolute Gasteiger partial charge is 0.368 e. The summed E-state index contributed by atoms with van der Waals surface area (Å²) < 4.78 is 0.952. The van der Waals surface area contributed by atoms with E-state index in [-0.39, 0.29) is 11.9 Å². The quantitative estimate of drug-likeness (QED) is 0.887. The lowest BCUT2D eigenvalue weighted by Crippen LogP contribution is -2.40. The number of primary amides is 1. The number of nitrogens with zero attached hydrogens (tertiary/aromatic N) is 1. The molecule has 5 heteroatoms. The first-order valence-corrected chi connectivity index (χ1v) is 7.39. The molecule has 0 bridgehead atoms. The normalized spacial score (nSPS) is 18.8. The number of halogens is 1. The number of carbonyl (C=O) groups is 1. The van der Waals surface area contributed by atoms with Gasteiger partial charge in [-0.2, -0.15) is 0 Å².